The molecule has 0 amide bonds. The Balaban J connectivity index is 2.61. The first-order chi connectivity index (χ1) is 6.35. The van der Waals surface area contributed by atoms with E-state index in [2.05, 4.69) is 4.98 Å². The lowest BCUT2D eigenvalue weighted by Gasteiger charge is -2.00. The second-order valence-corrected chi connectivity index (χ2v) is 2.95. The van der Waals surface area contributed by atoms with Gasteiger partial charge in [0.05, 0.1) is 24.9 Å². The van der Waals surface area contributed by atoms with E-state index in [1.165, 1.54) is 0 Å². The summed E-state index contributed by atoms with van der Waals surface area (Å²) < 4.78 is 7.02. The number of hydrogen-bond acceptors (Lipinski definition) is 2. The summed E-state index contributed by atoms with van der Waals surface area (Å²) in [6.45, 7) is 0. The van der Waals surface area contributed by atoms with Gasteiger partial charge in [0.25, 0.3) is 0 Å². The first kappa shape index (κ1) is 8.38. The highest BCUT2D eigenvalue weighted by Crippen LogP contribution is 2.15. The van der Waals surface area contributed by atoms with E-state index in [-0.39, 0.29) is 0 Å². The maximum absolute atomic E-state index is 5.73. The molecule has 2 heterocycles. The van der Waals surface area contributed by atoms with Crippen LogP contribution in [0.4, 0.5) is 0 Å². The molecule has 3 nitrogen and oxygen atoms in total. The van der Waals surface area contributed by atoms with Gasteiger partial charge in [-0.25, -0.2) is 4.98 Å². The van der Waals surface area contributed by atoms with Crippen LogP contribution in [0, 0.1) is 0 Å². The van der Waals surface area contributed by atoms with Crippen LogP contribution < -0.4 is 4.74 Å². The van der Waals surface area contributed by atoms with E-state index < -0.39 is 0 Å². The average Bonchev–Trinajstić information content (AvgIpc) is 2.59. The summed E-state index contributed by atoms with van der Waals surface area (Å²) in [6.07, 6.45) is 3.67. The fraction of sp³-hybridized carbons (Fsp3) is 0.222. The van der Waals surface area contributed by atoms with Crippen molar-refractivity contribution >= 4 is 17.2 Å². The van der Waals surface area contributed by atoms with Gasteiger partial charge >= 0.3 is 0 Å². The van der Waals surface area contributed by atoms with Crippen LogP contribution in [0.15, 0.2) is 24.5 Å². The zero-order valence-corrected chi connectivity index (χ0v) is 7.95. The molecule has 0 radical (unpaired) electrons. The molecule has 68 valence electrons. The van der Waals surface area contributed by atoms with Crippen LogP contribution >= 0.6 is 11.6 Å². The smallest absolute Gasteiger partial charge is 0.140 e. The van der Waals surface area contributed by atoms with E-state index in [4.69, 9.17) is 16.3 Å². The van der Waals surface area contributed by atoms with Gasteiger partial charge in [-0.2, -0.15) is 0 Å². The summed E-state index contributed by atoms with van der Waals surface area (Å²) in [6, 6.07) is 3.75. The maximum Gasteiger partial charge on any atom is 0.140 e. The standard InChI is InChI=1S/C9H9ClN2O/c1-13-8-2-3-12-7(5-10)6-11-9(12)4-8/h2-4,6H,5H2,1H3. The van der Waals surface area contributed by atoms with Crippen LogP contribution in [0.2, 0.25) is 0 Å². The molecule has 2 aromatic heterocycles. The number of ether oxygens (including phenoxy) is 1. The van der Waals surface area contributed by atoms with Crippen molar-refractivity contribution in [2.75, 3.05) is 7.11 Å². The van der Waals surface area contributed by atoms with Crippen molar-refractivity contribution in [3.63, 3.8) is 0 Å². The molecule has 4 heteroatoms. The molecule has 0 fully saturated rings. The minimum absolute atomic E-state index is 0.466. The number of methoxy groups -OCH3 is 1. The predicted octanol–water partition coefficient (Wildman–Crippen LogP) is 2.08. The molecule has 0 aliphatic rings. The van der Waals surface area contributed by atoms with Gasteiger partial charge in [0.1, 0.15) is 11.4 Å². The molecular formula is C9H9ClN2O. The Labute approximate surface area is 80.9 Å². The zero-order chi connectivity index (χ0) is 9.26. The van der Waals surface area contributed by atoms with Crippen molar-refractivity contribution in [3.05, 3.63) is 30.2 Å². The van der Waals surface area contributed by atoms with Gasteiger partial charge in [0, 0.05) is 12.3 Å². The van der Waals surface area contributed by atoms with Crippen molar-refractivity contribution in [1.29, 1.82) is 0 Å². The van der Waals surface area contributed by atoms with E-state index in [0.29, 0.717) is 5.88 Å². The molecule has 0 aliphatic carbocycles. The largest absolute Gasteiger partial charge is 0.497 e. The van der Waals surface area contributed by atoms with Gasteiger partial charge in [0.15, 0.2) is 0 Å². The first-order valence-electron chi connectivity index (χ1n) is 3.91. The fourth-order valence-corrected chi connectivity index (χ4v) is 1.44. The van der Waals surface area contributed by atoms with Gasteiger partial charge in [-0.05, 0) is 6.07 Å². The second-order valence-electron chi connectivity index (χ2n) is 2.68. The number of halogens is 1. The van der Waals surface area contributed by atoms with Crippen molar-refractivity contribution < 1.29 is 4.74 Å². The number of rotatable bonds is 2. The number of alkyl halides is 1. The van der Waals surface area contributed by atoms with Crippen LogP contribution in [0.5, 0.6) is 5.75 Å². The van der Waals surface area contributed by atoms with Crippen molar-refractivity contribution in [3.8, 4) is 5.75 Å². The molecule has 0 saturated heterocycles. The number of fused-ring (bicyclic) bond motifs is 1. The highest BCUT2D eigenvalue weighted by atomic mass is 35.5. The molecule has 0 aliphatic heterocycles. The fourth-order valence-electron chi connectivity index (χ4n) is 1.24. The van der Waals surface area contributed by atoms with Crippen molar-refractivity contribution in [1.82, 2.24) is 9.38 Å². The minimum Gasteiger partial charge on any atom is -0.497 e. The zero-order valence-electron chi connectivity index (χ0n) is 7.20. The Hall–Kier alpha value is -1.22. The molecule has 0 saturated carbocycles. The van der Waals surface area contributed by atoms with Gasteiger partial charge in [-0.15, -0.1) is 11.6 Å². The third-order valence-corrected chi connectivity index (χ3v) is 2.21. The number of imidazole rings is 1. The molecule has 0 atom stereocenters. The average molecular weight is 197 g/mol. The lowest BCUT2D eigenvalue weighted by Crippen LogP contribution is -1.90. The van der Waals surface area contributed by atoms with Crippen LogP contribution in [0.25, 0.3) is 5.65 Å². The topological polar surface area (TPSA) is 26.5 Å². The highest BCUT2D eigenvalue weighted by molar-refractivity contribution is 6.16. The molecule has 2 rings (SSSR count). The van der Waals surface area contributed by atoms with Gasteiger partial charge in [0.2, 0.25) is 0 Å². The molecule has 0 aromatic carbocycles. The van der Waals surface area contributed by atoms with Crippen molar-refractivity contribution in [2.24, 2.45) is 0 Å². The number of nitrogens with zero attached hydrogens (tertiary/aromatic N) is 2. The number of aromatic nitrogens is 2. The van der Waals surface area contributed by atoms with E-state index in [9.17, 15) is 0 Å². The highest BCUT2D eigenvalue weighted by Gasteiger charge is 2.02. The summed E-state index contributed by atoms with van der Waals surface area (Å²) in [7, 11) is 1.64. The van der Waals surface area contributed by atoms with Crippen LogP contribution in [0.1, 0.15) is 5.69 Å². The van der Waals surface area contributed by atoms with E-state index in [1.54, 1.807) is 13.3 Å². The Morgan fingerprint density at radius 2 is 2.46 bits per heavy atom. The molecule has 2 aromatic rings. The predicted molar refractivity (Wildman–Crippen MR) is 51.3 cm³/mol. The molecule has 0 unspecified atom stereocenters. The minimum atomic E-state index is 0.466. The van der Waals surface area contributed by atoms with E-state index in [0.717, 1.165) is 17.1 Å². The SMILES string of the molecule is COc1ccn2c(CCl)cnc2c1. The van der Waals surface area contributed by atoms with Gasteiger partial charge in [-0.1, -0.05) is 0 Å². The lowest BCUT2D eigenvalue weighted by atomic mass is 10.4. The Morgan fingerprint density at radius 1 is 1.62 bits per heavy atom. The molecule has 13 heavy (non-hydrogen) atoms. The second kappa shape index (κ2) is 3.26. The molecule has 0 bridgehead atoms. The molecule has 0 spiro atoms. The van der Waals surface area contributed by atoms with E-state index in [1.807, 2.05) is 22.7 Å². The monoisotopic (exact) mass is 196 g/mol. The summed E-state index contributed by atoms with van der Waals surface area (Å²) in [4.78, 5) is 4.20. The van der Waals surface area contributed by atoms with Gasteiger partial charge < -0.3 is 9.14 Å². The normalized spacial score (nSPS) is 10.6. The van der Waals surface area contributed by atoms with E-state index >= 15 is 0 Å². The summed E-state index contributed by atoms with van der Waals surface area (Å²) >= 11 is 5.73. The first-order valence-corrected chi connectivity index (χ1v) is 4.44. The molecular weight excluding hydrogens is 188 g/mol. The quantitative estimate of drug-likeness (QED) is 0.688. The third-order valence-electron chi connectivity index (χ3n) is 1.93. The van der Waals surface area contributed by atoms with Crippen LogP contribution in [-0.2, 0) is 5.88 Å². The number of pyridine rings is 1. The summed E-state index contributed by atoms with van der Waals surface area (Å²) in [5, 5.41) is 0. The number of hydrogen-bond donors (Lipinski definition) is 0. The third kappa shape index (κ3) is 1.35. The Kier molecular flexibility index (Phi) is 2.10. The van der Waals surface area contributed by atoms with Crippen molar-refractivity contribution in [2.45, 2.75) is 5.88 Å². The van der Waals surface area contributed by atoms with Crippen LogP contribution in [0.3, 0.4) is 0 Å². The maximum atomic E-state index is 5.73. The Bertz CT molecular complexity index is 424. The summed E-state index contributed by atoms with van der Waals surface area (Å²) in [5.74, 6) is 1.27. The summed E-state index contributed by atoms with van der Waals surface area (Å²) in [5.41, 5.74) is 1.84. The molecule has 0 N–H and O–H groups in total. The lowest BCUT2D eigenvalue weighted by molar-refractivity contribution is 0.414. The van der Waals surface area contributed by atoms with Gasteiger partial charge in [-0.3, -0.25) is 0 Å². The Morgan fingerprint density at radius 3 is 3.15 bits per heavy atom. The van der Waals surface area contributed by atoms with Crippen LogP contribution in [-0.4, -0.2) is 16.5 Å².